The molecule has 0 spiro atoms. The molecule has 14 heavy (non-hydrogen) atoms. The van der Waals surface area contributed by atoms with Crippen molar-refractivity contribution >= 4 is 5.97 Å². The highest BCUT2D eigenvalue weighted by atomic mass is 16.8. The van der Waals surface area contributed by atoms with Gasteiger partial charge in [-0.3, -0.25) is 4.79 Å². The Morgan fingerprint density at radius 1 is 1.50 bits per heavy atom. The molecule has 0 atom stereocenters. The Bertz CT molecular complexity index is 186. The summed E-state index contributed by atoms with van der Waals surface area (Å²) in [5.74, 6) is -1.18. The molecule has 1 aliphatic heterocycles. The van der Waals surface area contributed by atoms with Crippen molar-refractivity contribution in [2.45, 2.75) is 25.6 Å². The van der Waals surface area contributed by atoms with E-state index in [1.54, 1.807) is 0 Å². The summed E-state index contributed by atoms with van der Waals surface area (Å²) in [4.78, 5) is 10.6. The van der Waals surface area contributed by atoms with Crippen molar-refractivity contribution in [3.8, 4) is 0 Å². The third-order valence-corrected chi connectivity index (χ3v) is 2.02. The van der Waals surface area contributed by atoms with Crippen molar-refractivity contribution < 1.29 is 24.1 Å². The summed E-state index contributed by atoms with van der Waals surface area (Å²) < 4.78 is 15.6. The topological polar surface area (TPSA) is 65.0 Å². The van der Waals surface area contributed by atoms with Crippen molar-refractivity contribution in [1.29, 1.82) is 0 Å². The third-order valence-electron chi connectivity index (χ3n) is 2.02. The lowest BCUT2D eigenvalue weighted by molar-refractivity contribution is -0.202. The van der Waals surface area contributed by atoms with Gasteiger partial charge < -0.3 is 19.3 Å². The maximum Gasteiger partial charge on any atom is 0.302 e. The lowest BCUT2D eigenvalue weighted by Crippen LogP contribution is -2.36. The Hall–Kier alpha value is -0.650. The predicted octanol–water partition coefficient (Wildman–Crippen LogP) is 0.0651. The monoisotopic (exact) mass is 204 g/mol. The number of ether oxygens (including phenoxy) is 3. The smallest absolute Gasteiger partial charge is 0.302 e. The predicted molar refractivity (Wildman–Crippen MR) is 47.6 cm³/mol. The Labute approximate surface area is 82.9 Å². The summed E-state index contributed by atoms with van der Waals surface area (Å²) in [7, 11) is 0. The molecule has 1 saturated heterocycles. The van der Waals surface area contributed by atoms with Gasteiger partial charge in [-0.15, -0.1) is 0 Å². The standard InChI is InChI=1S/C9H16O5/c1-8(11)12-7-9(3-2-4-10)13-5-6-14-9/h10H,2-7H2,1H3. The van der Waals surface area contributed by atoms with Gasteiger partial charge in [-0.1, -0.05) is 0 Å². The van der Waals surface area contributed by atoms with Gasteiger partial charge in [0.2, 0.25) is 5.79 Å². The van der Waals surface area contributed by atoms with Crippen LogP contribution in [0.5, 0.6) is 0 Å². The Morgan fingerprint density at radius 3 is 2.64 bits per heavy atom. The number of hydrogen-bond acceptors (Lipinski definition) is 5. The number of rotatable bonds is 5. The average Bonchev–Trinajstić information content (AvgIpc) is 2.61. The molecule has 1 N–H and O–H groups in total. The zero-order chi connectivity index (χ0) is 10.4. The molecule has 0 radical (unpaired) electrons. The van der Waals surface area contributed by atoms with Gasteiger partial charge in [-0.05, 0) is 6.42 Å². The Balaban J connectivity index is 2.40. The minimum absolute atomic E-state index is 0.0779. The van der Waals surface area contributed by atoms with Gasteiger partial charge in [-0.2, -0.15) is 0 Å². The first kappa shape index (κ1) is 11.4. The van der Waals surface area contributed by atoms with Crippen LogP contribution in [0.3, 0.4) is 0 Å². The molecule has 82 valence electrons. The zero-order valence-electron chi connectivity index (χ0n) is 8.32. The second kappa shape index (κ2) is 5.29. The van der Waals surface area contributed by atoms with Gasteiger partial charge in [-0.25, -0.2) is 0 Å². The first-order valence-electron chi connectivity index (χ1n) is 4.71. The molecule has 5 heteroatoms. The van der Waals surface area contributed by atoms with Gasteiger partial charge in [0, 0.05) is 20.0 Å². The molecule has 0 aliphatic carbocycles. The molecule has 0 aromatic rings. The number of carbonyl (C=O) groups excluding carboxylic acids is 1. The highest BCUT2D eigenvalue weighted by molar-refractivity contribution is 5.65. The lowest BCUT2D eigenvalue weighted by atomic mass is 10.1. The summed E-state index contributed by atoms with van der Waals surface area (Å²) in [6.45, 7) is 2.53. The van der Waals surface area contributed by atoms with Crippen LogP contribution in [0, 0.1) is 0 Å². The van der Waals surface area contributed by atoms with Gasteiger partial charge in [0.25, 0.3) is 0 Å². The number of aliphatic hydroxyl groups excluding tert-OH is 1. The molecule has 0 aromatic heterocycles. The van der Waals surface area contributed by atoms with Gasteiger partial charge in [0.15, 0.2) is 0 Å². The summed E-state index contributed by atoms with van der Waals surface area (Å²) in [6.07, 6.45) is 1.11. The normalized spacial score (nSPS) is 19.6. The van der Waals surface area contributed by atoms with Crippen molar-refractivity contribution in [1.82, 2.24) is 0 Å². The van der Waals surface area contributed by atoms with Crippen LogP contribution in [0.2, 0.25) is 0 Å². The van der Waals surface area contributed by atoms with E-state index in [2.05, 4.69) is 0 Å². The molecule has 0 amide bonds. The van der Waals surface area contributed by atoms with Crippen LogP contribution in [-0.2, 0) is 19.0 Å². The molecule has 1 aliphatic rings. The highest BCUT2D eigenvalue weighted by Crippen LogP contribution is 2.25. The van der Waals surface area contributed by atoms with Crippen LogP contribution in [0.25, 0.3) is 0 Å². The van der Waals surface area contributed by atoms with E-state index in [0.717, 1.165) is 0 Å². The molecule has 0 bridgehead atoms. The maximum atomic E-state index is 10.6. The van der Waals surface area contributed by atoms with E-state index in [1.165, 1.54) is 6.92 Å². The molecule has 0 saturated carbocycles. The van der Waals surface area contributed by atoms with E-state index >= 15 is 0 Å². The van der Waals surface area contributed by atoms with E-state index in [4.69, 9.17) is 19.3 Å². The number of esters is 1. The first-order chi connectivity index (χ1) is 6.68. The van der Waals surface area contributed by atoms with Crippen molar-refractivity contribution in [3.05, 3.63) is 0 Å². The van der Waals surface area contributed by atoms with Crippen molar-refractivity contribution in [2.24, 2.45) is 0 Å². The zero-order valence-corrected chi connectivity index (χ0v) is 8.32. The quantitative estimate of drug-likeness (QED) is 0.642. The fourth-order valence-electron chi connectivity index (χ4n) is 1.36. The van der Waals surface area contributed by atoms with Crippen LogP contribution < -0.4 is 0 Å². The highest BCUT2D eigenvalue weighted by Gasteiger charge is 2.37. The molecule has 1 fully saturated rings. The van der Waals surface area contributed by atoms with Crippen LogP contribution in [0.1, 0.15) is 19.8 Å². The van der Waals surface area contributed by atoms with E-state index in [9.17, 15) is 4.79 Å². The summed E-state index contributed by atoms with van der Waals surface area (Å²) in [6, 6.07) is 0. The largest absolute Gasteiger partial charge is 0.460 e. The fraction of sp³-hybridized carbons (Fsp3) is 0.889. The molecule has 0 unspecified atom stereocenters. The van der Waals surface area contributed by atoms with Crippen LogP contribution >= 0.6 is 0 Å². The van der Waals surface area contributed by atoms with E-state index < -0.39 is 5.79 Å². The van der Waals surface area contributed by atoms with Crippen molar-refractivity contribution in [3.63, 3.8) is 0 Å². The van der Waals surface area contributed by atoms with Crippen molar-refractivity contribution in [2.75, 3.05) is 26.4 Å². The first-order valence-corrected chi connectivity index (χ1v) is 4.71. The number of carbonyl (C=O) groups is 1. The van der Waals surface area contributed by atoms with Gasteiger partial charge >= 0.3 is 5.97 Å². The lowest BCUT2D eigenvalue weighted by Gasteiger charge is -2.26. The molecule has 1 heterocycles. The van der Waals surface area contributed by atoms with Crippen LogP contribution in [0.4, 0.5) is 0 Å². The Kier molecular flexibility index (Phi) is 4.31. The van der Waals surface area contributed by atoms with E-state index in [1.807, 2.05) is 0 Å². The van der Waals surface area contributed by atoms with Gasteiger partial charge in [0.1, 0.15) is 6.61 Å². The fourth-order valence-corrected chi connectivity index (χ4v) is 1.36. The summed E-state index contributed by atoms with van der Waals surface area (Å²) >= 11 is 0. The molecular formula is C9H16O5. The minimum atomic E-state index is -0.825. The van der Waals surface area contributed by atoms with E-state index in [0.29, 0.717) is 26.1 Å². The van der Waals surface area contributed by atoms with E-state index in [-0.39, 0.29) is 19.2 Å². The minimum Gasteiger partial charge on any atom is -0.460 e. The number of aliphatic hydroxyl groups is 1. The third kappa shape index (κ3) is 3.25. The van der Waals surface area contributed by atoms with Gasteiger partial charge in [0.05, 0.1) is 13.2 Å². The second-order valence-electron chi connectivity index (χ2n) is 3.22. The number of hydrogen-bond donors (Lipinski definition) is 1. The maximum absolute atomic E-state index is 10.6. The molecule has 1 rings (SSSR count). The summed E-state index contributed by atoms with van der Waals surface area (Å²) in [5.41, 5.74) is 0. The molecule has 0 aromatic carbocycles. The molecular weight excluding hydrogens is 188 g/mol. The summed E-state index contributed by atoms with van der Waals surface area (Å²) in [5, 5.41) is 8.70. The average molecular weight is 204 g/mol. The van der Waals surface area contributed by atoms with Crippen LogP contribution in [-0.4, -0.2) is 43.3 Å². The van der Waals surface area contributed by atoms with Crippen LogP contribution in [0.15, 0.2) is 0 Å². The Morgan fingerprint density at radius 2 is 2.14 bits per heavy atom. The SMILES string of the molecule is CC(=O)OCC1(CCCO)OCCO1. The molecule has 5 nitrogen and oxygen atoms in total. The second-order valence-corrected chi connectivity index (χ2v) is 3.22.